The number of hydrogen-bond acceptors (Lipinski definition) is 1. The smallest absolute Gasteiger partial charge is 0.0455 e. The number of halogens is 3. The second-order valence-corrected chi connectivity index (χ2v) is 7.65. The molecule has 1 atom stereocenters. The molecule has 0 saturated heterocycles. The van der Waals surface area contributed by atoms with Crippen LogP contribution in [0, 0.1) is 3.57 Å². The van der Waals surface area contributed by atoms with Gasteiger partial charge in [0.1, 0.15) is 0 Å². The van der Waals surface area contributed by atoms with E-state index in [1.54, 1.807) is 0 Å². The van der Waals surface area contributed by atoms with E-state index >= 15 is 0 Å². The van der Waals surface area contributed by atoms with Crippen molar-refractivity contribution < 1.29 is 0 Å². The Morgan fingerprint density at radius 1 is 1.31 bits per heavy atom. The summed E-state index contributed by atoms with van der Waals surface area (Å²) in [5, 5.41) is 2.12. The summed E-state index contributed by atoms with van der Waals surface area (Å²) < 4.78 is 2.44. The predicted molar refractivity (Wildman–Crippen MR) is 86.6 cm³/mol. The van der Waals surface area contributed by atoms with Gasteiger partial charge < -0.3 is 0 Å². The first kappa shape index (κ1) is 13.1. The van der Waals surface area contributed by atoms with E-state index in [1.807, 2.05) is 11.3 Å². The maximum absolute atomic E-state index is 3.77. The van der Waals surface area contributed by atoms with Gasteiger partial charge in [-0.2, -0.15) is 0 Å². The Bertz CT molecular complexity index is 468. The second kappa shape index (κ2) is 5.98. The van der Waals surface area contributed by atoms with Crippen molar-refractivity contribution in [2.75, 3.05) is 0 Å². The lowest BCUT2D eigenvalue weighted by Crippen LogP contribution is -1.95. The molecule has 1 aromatic carbocycles. The van der Waals surface area contributed by atoms with Crippen LogP contribution < -0.4 is 0 Å². The van der Waals surface area contributed by atoms with Gasteiger partial charge in [-0.25, -0.2) is 0 Å². The van der Waals surface area contributed by atoms with Crippen LogP contribution in [0.5, 0.6) is 0 Å². The molecule has 4 heteroatoms. The molecule has 0 aliphatic carbocycles. The number of thiophene rings is 1. The highest BCUT2D eigenvalue weighted by Crippen LogP contribution is 2.34. The summed E-state index contributed by atoms with van der Waals surface area (Å²) >= 11 is 11.5. The van der Waals surface area contributed by atoms with Gasteiger partial charge in [-0.05, 0) is 64.2 Å². The molecule has 0 amide bonds. The van der Waals surface area contributed by atoms with E-state index < -0.39 is 0 Å². The van der Waals surface area contributed by atoms with Crippen molar-refractivity contribution in [1.82, 2.24) is 0 Å². The first-order valence-corrected chi connectivity index (χ1v) is 8.45. The first-order chi connectivity index (χ1) is 7.66. The van der Waals surface area contributed by atoms with E-state index in [2.05, 4.69) is 90.2 Å². The molecular formula is C12H9Br2IS. The van der Waals surface area contributed by atoms with Crippen LogP contribution in [0.1, 0.15) is 15.3 Å². The average molecular weight is 472 g/mol. The summed E-state index contributed by atoms with van der Waals surface area (Å²) in [6, 6.07) is 10.7. The van der Waals surface area contributed by atoms with Gasteiger partial charge in [-0.1, -0.05) is 37.9 Å². The first-order valence-electron chi connectivity index (χ1n) is 4.78. The molecule has 1 aromatic heterocycles. The van der Waals surface area contributed by atoms with E-state index in [9.17, 15) is 0 Å². The molecule has 1 unspecified atom stereocenters. The topological polar surface area (TPSA) is 0 Å². The molecule has 0 nitrogen and oxygen atoms in total. The van der Waals surface area contributed by atoms with Gasteiger partial charge in [0.25, 0.3) is 0 Å². The molecule has 0 bridgehead atoms. The van der Waals surface area contributed by atoms with Gasteiger partial charge in [0.2, 0.25) is 0 Å². The maximum atomic E-state index is 3.77. The minimum absolute atomic E-state index is 0.371. The van der Waals surface area contributed by atoms with E-state index in [1.165, 1.54) is 18.5 Å². The number of benzene rings is 1. The van der Waals surface area contributed by atoms with Gasteiger partial charge in [0.05, 0.1) is 0 Å². The summed E-state index contributed by atoms with van der Waals surface area (Å²) in [6.45, 7) is 0. The fourth-order valence-electron chi connectivity index (χ4n) is 1.47. The van der Waals surface area contributed by atoms with Crippen LogP contribution in [0.3, 0.4) is 0 Å². The minimum Gasteiger partial charge on any atom is -0.149 e. The van der Waals surface area contributed by atoms with Crippen LogP contribution >= 0.6 is 65.8 Å². The zero-order chi connectivity index (χ0) is 11.5. The quantitative estimate of drug-likeness (QED) is 0.392. The van der Waals surface area contributed by atoms with Crippen molar-refractivity contribution in [2.45, 2.75) is 11.2 Å². The highest BCUT2D eigenvalue weighted by Gasteiger charge is 2.12. The van der Waals surface area contributed by atoms with Crippen LogP contribution in [0.2, 0.25) is 0 Å². The summed E-state index contributed by atoms with van der Waals surface area (Å²) in [5.74, 6) is 0. The molecule has 0 aliphatic rings. The summed E-state index contributed by atoms with van der Waals surface area (Å²) in [5.41, 5.74) is 1.32. The Hall–Kier alpha value is 0.610. The predicted octanol–water partition coefficient (Wildman–Crippen LogP) is 5.79. The van der Waals surface area contributed by atoms with Crippen molar-refractivity contribution in [1.29, 1.82) is 0 Å². The third-order valence-electron chi connectivity index (χ3n) is 2.26. The summed E-state index contributed by atoms with van der Waals surface area (Å²) in [6.07, 6.45) is 1.04. The fourth-order valence-corrected chi connectivity index (χ4v) is 4.51. The molecule has 0 fully saturated rings. The molecule has 84 valence electrons. The molecule has 2 aromatic rings. The van der Waals surface area contributed by atoms with Crippen molar-refractivity contribution >= 4 is 65.8 Å². The third-order valence-corrected chi connectivity index (χ3v) is 5.36. The molecule has 0 aliphatic heterocycles. The van der Waals surface area contributed by atoms with Crippen LogP contribution in [-0.2, 0) is 6.42 Å². The largest absolute Gasteiger partial charge is 0.149 e. The molecule has 2 rings (SSSR count). The molecule has 1 heterocycles. The lowest BCUT2D eigenvalue weighted by molar-refractivity contribution is 0.961. The number of hydrogen-bond donors (Lipinski definition) is 0. The fraction of sp³-hybridized carbons (Fsp3) is 0.167. The molecule has 0 radical (unpaired) electrons. The normalized spacial score (nSPS) is 12.7. The highest BCUT2D eigenvalue weighted by atomic mass is 127. The van der Waals surface area contributed by atoms with Crippen molar-refractivity contribution in [3.8, 4) is 0 Å². The maximum Gasteiger partial charge on any atom is 0.0455 e. The average Bonchev–Trinajstić information content (AvgIpc) is 2.74. The van der Waals surface area contributed by atoms with Gasteiger partial charge in [0, 0.05) is 17.7 Å². The highest BCUT2D eigenvalue weighted by molar-refractivity contribution is 14.1. The van der Waals surface area contributed by atoms with E-state index in [0.29, 0.717) is 4.83 Å². The zero-order valence-corrected chi connectivity index (χ0v) is 14.4. The van der Waals surface area contributed by atoms with Crippen molar-refractivity contribution in [3.63, 3.8) is 0 Å². The molecule has 0 saturated carbocycles. The third kappa shape index (κ3) is 3.31. The van der Waals surface area contributed by atoms with Crippen LogP contribution in [0.4, 0.5) is 0 Å². The van der Waals surface area contributed by atoms with Crippen LogP contribution in [0.25, 0.3) is 0 Å². The monoisotopic (exact) mass is 470 g/mol. The van der Waals surface area contributed by atoms with E-state index in [0.717, 1.165) is 6.42 Å². The summed E-state index contributed by atoms with van der Waals surface area (Å²) in [7, 11) is 0. The Morgan fingerprint density at radius 3 is 2.81 bits per heavy atom. The van der Waals surface area contributed by atoms with Crippen molar-refractivity contribution in [3.05, 3.63) is 54.2 Å². The number of rotatable bonds is 3. The van der Waals surface area contributed by atoms with Gasteiger partial charge >= 0.3 is 0 Å². The SMILES string of the molecule is Brc1ccc(I)cc1C(Br)Cc1cccs1. The minimum atomic E-state index is 0.371. The molecule has 16 heavy (non-hydrogen) atoms. The van der Waals surface area contributed by atoms with Crippen molar-refractivity contribution in [2.24, 2.45) is 0 Å². The second-order valence-electron chi connectivity index (χ2n) is 3.42. The van der Waals surface area contributed by atoms with E-state index in [4.69, 9.17) is 0 Å². The van der Waals surface area contributed by atoms with Gasteiger partial charge in [0.15, 0.2) is 0 Å². The lowest BCUT2D eigenvalue weighted by atomic mass is 10.1. The summed E-state index contributed by atoms with van der Waals surface area (Å²) in [4.78, 5) is 1.78. The standard InChI is InChI=1S/C12H9Br2IS/c13-11-4-3-8(15)6-10(11)12(14)7-9-2-1-5-16-9/h1-6,12H,7H2. The Balaban J connectivity index is 2.20. The van der Waals surface area contributed by atoms with E-state index in [-0.39, 0.29) is 0 Å². The van der Waals surface area contributed by atoms with Crippen LogP contribution in [-0.4, -0.2) is 0 Å². The van der Waals surface area contributed by atoms with Gasteiger partial charge in [-0.15, -0.1) is 11.3 Å². The number of alkyl halides is 1. The lowest BCUT2D eigenvalue weighted by Gasteiger charge is -2.11. The molecule has 0 spiro atoms. The molecular weight excluding hydrogens is 463 g/mol. The van der Waals surface area contributed by atoms with Gasteiger partial charge in [-0.3, -0.25) is 0 Å². The van der Waals surface area contributed by atoms with Crippen LogP contribution in [0.15, 0.2) is 40.2 Å². The molecule has 0 N–H and O–H groups in total. The zero-order valence-electron chi connectivity index (χ0n) is 8.29. The Kier molecular flexibility index (Phi) is 4.88. The Morgan fingerprint density at radius 2 is 2.12 bits per heavy atom. The Labute approximate surface area is 130 Å².